The molecule has 0 heterocycles. The van der Waals surface area contributed by atoms with Crippen molar-refractivity contribution in [1.29, 1.82) is 0 Å². The number of sulfonamides is 1. The van der Waals surface area contributed by atoms with Gasteiger partial charge in [-0.1, -0.05) is 13.3 Å². The second-order valence-corrected chi connectivity index (χ2v) is 4.32. The van der Waals surface area contributed by atoms with E-state index in [1.807, 2.05) is 0 Å². The summed E-state index contributed by atoms with van der Waals surface area (Å²) in [4.78, 5) is 9.97. The molecule has 3 N–H and O–H groups in total. The third kappa shape index (κ3) is 24.6. The van der Waals surface area contributed by atoms with E-state index in [9.17, 15) is 13.2 Å². The van der Waals surface area contributed by atoms with Gasteiger partial charge in [0.25, 0.3) is 0 Å². The first-order valence-corrected chi connectivity index (χ1v) is 5.91. The Hall–Kier alpha value is -0.620. The number of nitrogens with one attached hydrogen (secondary N) is 1. The van der Waals surface area contributed by atoms with Gasteiger partial charge in [0.15, 0.2) is 0 Å². The summed E-state index contributed by atoms with van der Waals surface area (Å²) in [5, 5.41) is 0. The Kier molecular flexibility index (Phi) is 9.16. The second-order valence-electron chi connectivity index (χ2n) is 2.57. The number of carbonyl (C=O) groups is 1. The zero-order valence-electron chi connectivity index (χ0n) is 8.33. The lowest BCUT2D eigenvalue weighted by molar-refractivity contribution is -0.117. The summed E-state index contributed by atoms with van der Waals surface area (Å²) < 4.78 is 21.9. The summed E-state index contributed by atoms with van der Waals surface area (Å²) in [6.07, 6.45) is 3.31. The highest BCUT2D eigenvalue weighted by Gasteiger charge is 1.99. The van der Waals surface area contributed by atoms with Crippen molar-refractivity contribution in [3.05, 3.63) is 0 Å². The lowest BCUT2D eigenvalue weighted by atomic mass is 10.3. The van der Waals surface area contributed by atoms with Crippen molar-refractivity contribution >= 4 is 15.9 Å². The van der Waals surface area contributed by atoms with E-state index in [0.717, 1.165) is 19.7 Å². The minimum Gasteiger partial charge on any atom is -0.330 e. The number of hydrogen-bond acceptors (Lipinski definition) is 4. The quantitative estimate of drug-likeness (QED) is 0.676. The number of hydrogen-bond donors (Lipinski definition) is 2. The zero-order valence-corrected chi connectivity index (χ0v) is 9.15. The Morgan fingerprint density at radius 3 is 1.92 bits per heavy atom. The van der Waals surface area contributed by atoms with E-state index in [2.05, 4.69) is 6.92 Å². The highest BCUT2D eigenvalue weighted by Crippen LogP contribution is 1.77. The van der Waals surface area contributed by atoms with Crippen LogP contribution in [-0.4, -0.2) is 27.1 Å². The number of unbranched alkanes of at least 4 members (excludes halogenated alkanes) is 1. The molecule has 0 aliphatic heterocycles. The predicted octanol–water partition coefficient (Wildman–Crippen LogP) is -0.173. The van der Waals surface area contributed by atoms with Gasteiger partial charge in [-0.15, -0.1) is 0 Å². The molecule has 0 aliphatic rings. The van der Waals surface area contributed by atoms with Crippen molar-refractivity contribution < 1.29 is 13.2 Å². The van der Waals surface area contributed by atoms with Gasteiger partial charge >= 0.3 is 0 Å². The van der Waals surface area contributed by atoms with Crippen LogP contribution in [0.2, 0.25) is 0 Å². The fraction of sp³-hybridized carbons (Fsp3) is 0.857. The van der Waals surface area contributed by atoms with Gasteiger partial charge in [-0.3, -0.25) is 9.52 Å². The van der Waals surface area contributed by atoms with Crippen LogP contribution in [0.4, 0.5) is 0 Å². The van der Waals surface area contributed by atoms with Crippen LogP contribution in [-0.2, 0) is 14.8 Å². The third-order valence-corrected chi connectivity index (χ3v) is 1.55. The first-order chi connectivity index (χ1) is 5.83. The van der Waals surface area contributed by atoms with E-state index in [-0.39, 0.29) is 0 Å². The normalized spacial score (nSPS) is 9.85. The molecule has 0 atom stereocenters. The molecular formula is C7H18N2O3S. The summed E-state index contributed by atoms with van der Waals surface area (Å²) in [7, 11) is -3.32. The van der Waals surface area contributed by atoms with Crippen molar-refractivity contribution in [3.8, 4) is 0 Å². The Balaban J connectivity index is 0. The van der Waals surface area contributed by atoms with Crippen molar-refractivity contribution in [2.75, 3.05) is 12.8 Å². The molecule has 0 aromatic rings. The van der Waals surface area contributed by atoms with Crippen LogP contribution in [0.1, 0.15) is 26.7 Å². The van der Waals surface area contributed by atoms with E-state index in [0.29, 0.717) is 0 Å². The number of amides is 1. The molecule has 0 aromatic carbocycles. The van der Waals surface area contributed by atoms with Gasteiger partial charge in [0, 0.05) is 6.92 Å². The first-order valence-electron chi connectivity index (χ1n) is 4.02. The zero-order chi connectivity index (χ0) is 10.9. The monoisotopic (exact) mass is 210 g/mol. The predicted molar refractivity (Wildman–Crippen MR) is 52.6 cm³/mol. The maximum atomic E-state index is 10.1. The molecular weight excluding hydrogens is 192 g/mol. The maximum Gasteiger partial charge on any atom is 0.231 e. The number of nitrogens with two attached hydrogens (primary N) is 1. The minimum absolute atomic E-state index is 0.562. The molecule has 0 aromatic heterocycles. The molecule has 5 nitrogen and oxygen atoms in total. The van der Waals surface area contributed by atoms with Crippen LogP contribution >= 0.6 is 0 Å². The van der Waals surface area contributed by atoms with E-state index in [4.69, 9.17) is 5.73 Å². The summed E-state index contributed by atoms with van der Waals surface area (Å²) in [6, 6.07) is 0. The fourth-order valence-corrected chi connectivity index (χ4v) is 0.987. The van der Waals surface area contributed by atoms with Crippen molar-refractivity contribution in [2.24, 2.45) is 5.73 Å². The smallest absolute Gasteiger partial charge is 0.231 e. The molecule has 1 amide bonds. The topological polar surface area (TPSA) is 89.3 Å². The van der Waals surface area contributed by atoms with E-state index < -0.39 is 15.9 Å². The SMILES string of the molecule is CC(=O)NS(C)(=O)=O.CCCCN. The molecule has 0 saturated heterocycles. The van der Waals surface area contributed by atoms with Crippen LogP contribution in [0, 0.1) is 0 Å². The van der Waals surface area contributed by atoms with Crippen LogP contribution in [0.25, 0.3) is 0 Å². The summed E-state index contributed by atoms with van der Waals surface area (Å²) in [5.74, 6) is -0.562. The molecule has 0 aliphatic carbocycles. The van der Waals surface area contributed by atoms with E-state index in [1.54, 1.807) is 4.72 Å². The standard InChI is InChI=1S/C4H11N.C3H7NO3S/c1-2-3-4-5;1-3(5)4-8(2,6)7/h2-5H2,1H3;1-2H3,(H,4,5). The van der Waals surface area contributed by atoms with Crippen LogP contribution in [0.15, 0.2) is 0 Å². The van der Waals surface area contributed by atoms with Crippen molar-refractivity contribution in [3.63, 3.8) is 0 Å². The molecule has 0 fully saturated rings. The van der Waals surface area contributed by atoms with Gasteiger partial charge in [0.1, 0.15) is 0 Å². The maximum absolute atomic E-state index is 10.1. The number of carbonyl (C=O) groups excluding carboxylic acids is 1. The summed E-state index contributed by atoms with van der Waals surface area (Å²) in [5.41, 5.74) is 5.14. The average molecular weight is 210 g/mol. The molecule has 0 unspecified atom stereocenters. The molecule has 0 spiro atoms. The van der Waals surface area contributed by atoms with Gasteiger partial charge in [-0.2, -0.15) is 0 Å². The molecule has 0 saturated carbocycles. The van der Waals surface area contributed by atoms with Crippen molar-refractivity contribution in [1.82, 2.24) is 4.72 Å². The first kappa shape index (κ1) is 14.9. The largest absolute Gasteiger partial charge is 0.330 e. The summed E-state index contributed by atoms with van der Waals surface area (Å²) in [6.45, 7) is 4.12. The van der Waals surface area contributed by atoms with Crippen molar-refractivity contribution in [2.45, 2.75) is 26.7 Å². The highest BCUT2D eigenvalue weighted by molar-refractivity contribution is 7.89. The molecule has 0 bridgehead atoms. The van der Waals surface area contributed by atoms with Crippen LogP contribution in [0.5, 0.6) is 0 Å². The lowest BCUT2D eigenvalue weighted by Gasteiger charge is -1.93. The van der Waals surface area contributed by atoms with Gasteiger partial charge in [0.05, 0.1) is 6.26 Å². The van der Waals surface area contributed by atoms with Gasteiger partial charge in [-0.25, -0.2) is 8.42 Å². The molecule has 0 rings (SSSR count). The fourth-order valence-electron chi connectivity index (χ4n) is 0.465. The minimum atomic E-state index is -3.32. The van der Waals surface area contributed by atoms with E-state index in [1.165, 1.54) is 12.8 Å². The Morgan fingerprint density at radius 1 is 1.46 bits per heavy atom. The van der Waals surface area contributed by atoms with E-state index >= 15 is 0 Å². The van der Waals surface area contributed by atoms with Gasteiger partial charge in [-0.05, 0) is 13.0 Å². The third-order valence-electron chi connectivity index (χ3n) is 0.887. The molecule has 0 radical (unpaired) electrons. The average Bonchev–Trinajstić information content (AvgIpc) is 1.84. The molecule has 6 heteroatoms. The molecule has 13 heavy (non-hydrogen) atoms. The highest BCUT2D eigenvalue weighted by atomic mass is 32.2. The Morgan fingerprint density at radius 2 is 1.92 bits per heavy atom. The number of rotatable bonds is 3. The van der Waals surface area contributed by atoms with Gasteiger partial charge in [0.2, 0.25) is 15.9 Å². The Labute approximate surface area is 79.7 Å². The lowest BCUT2D eigenvalue weighted by Crippen LogP contribution is -2.26. The Bertz CT molecular complexity index is 222. The molecule has 80 valence electrons. The summed E-state index contributed by atoms with van der Waals surface area (Å²) >= 11 is 0. The second kappa shape index (κ2) is 8.00. The van der Waals surface area contributed by atoms with Crippen LogP contribution < -0.4 is 10.5 Å². The van der Waals surface area contributed by atoms with Crippen LogP contribution in [0.3, 0.4) is 0 Å². The van der Waals surface area contributed by atoms with Gasteiger partial charge < -0.3 is 5.73 Å².